The third-order valence-electron chi connectivity index (χ3n) is 2.27. The lowest BCUT2D eigenvalue weighted by molar-refractivity contribution is -0.384. The number of nitrogens with one attached hydrogen (secondary N) is 1. The molecule has 0 fully saturated rings. The van der Waals surface area contributed by atoms with E-state index >= 15 is 0 Å². The van der Waals surface area contributed by atoms with Gasteiger partial charge in [0.05, 0.1) is 11.5 Å². The van der Waals surface area contributed by atoms with Gasteiger partial charge in [-0.15, -0.1) is 5.10 Å². The quantitative estimate of drug-likeness (QED) is 0.690. The van der Waals surface area contributed by atoms with E-state index in [1.165, 1.54) is 6.07 Å². The first-order valence-electron chi connectivity index (χ1n) is 5.09. The second-order valence-electron chi connectivity index (χ2n) is 3.66. The van der Waals surface area contributed by atoms with Crippen molar-refractivity contribution in [1.82, 2.24) is 15.0 Å². The van der Waals surface area contributed by atoms with Crippen LogP contribution in [0, 0.1) is 10.1 Å². The third kappa shape index (κ3) is 2.83. The molecule has 0 radical (unpaired) electrons. The molecule has 1 aromatic heterocycles. The fraction of sp³-hybridized carbons (Fsp3) is 0.200. The van der Waals surface area contributed by atoms with Crippen molar-refractivity contribution in [2.45, 2.75) is 6.54 Å². The summed E-state index contributed by atoms with van der Waals surface area (Å²) in [5.74, 6) is 0. The van der Waals surface area contributed by atoms with Gasteiger partial charge in [-0.05, 0) is 12.1 Å². The summed E-state index contributed by atoms with van der Waals surface area (Å²) in [6.07, 6.45) is 1.75. The average molecular weight is 312 g/mol. The van der Waals surface area contributed by atoms with Crippen LogP contribution in [0.2, 0.25) is 0 Å². The number of aromatic nitrogens is 3. The molecule has 94 valence electrons. The van der Waals surface area contributed by atoms with Crippen LogP contribution in [0.1, 0.15) is 5.69 Å². The molecule has 2 rings (SSSR count). The first kappa shape index (κ1) is 12.5. The van der Waals surface area contributed by atoms with Gasteiger partial charge in [-0.2, -0.15) is 0 Å². The van der Waals surface area contributed by atoms with Gasteiger partial charge >= 0.3 is 0 Å². The van der Waals surface area contributed by atoms with Crippen molar-refractivity contribution in [3.63, 3.8) is 0 Å². The number of halogens is 1. The first-order chi connectivity index (χ1) is 8.56. The van der Waals surface area contributed by atoms with Gasteiger partial charge in [0, 0.05) is 23.8 Å². The molecule has 0 aliphatic carbocycles. The Bertz CT molecular complexity index is 583. The van der Waals surface area contributed by atoms with Crippen molar-refractivity contribution in [3.05, 3.63) is 44.7 Å². The van der Waals surface area contributed by atoms with Gasteiger partial charge in [0.1, 0.15) is 11.4 Å². The Morgan fingerprint density at radius 3 is 2.94 bits per heavy atom. The summed E-state index contributed by atoms with van der Waals surface area (Å²) >= 11 is 3.21. The highest BCUT2D eigenvalue weighted by molar-refractivity contribution is 9.10. The molecular weight excluding hydrogens is 302 g/mol. The van der Waals surface area contributed by atoms with Gasteiger partial charge < -0.3 is 5.32 Å². The van der Waals surface area contributed by atoms with E-state index in [2.05, 4.69) is 31.6 Å². The molecule has 7 nitrogen and oxygen atoms in total. The maximum Gasteiger partial charge on any atom is 0.293 e. The molecule has 0 amide bonds. The van der Waals surface area contributed by atoms with Gasteiger partial charge in [0.15, 0.2) is 0 Å². The highest BCUT2D eigenvalue weighted by atomic mass is 79.9. The molecule has 0 bridgehead atoms. The topological polar surface area (TPSA) is 85.9 Å². The minimum Gasteiger partial charge on any atom is -0.374 e. The Kier molecular flexibility index (Phi) is 3.56. The molecule has 8 heteroatoms. The molecule has 18 heavy (non-hydrogen) atoms. The summed E-state index contributed by atoms with van der Waals surface area (Å²) in [5.41, 5.74) is 1.19. The number of benzene rings is 1. The maximum absolute atomic E-state index is 10.9. The Balaban J connectivity index is 2.16. The zero-order valence-electron chi connectivity index (χ0n) is 9.50. The van der Waals surface area contributed by atoms with Gasteiger partial charge in [-0.3, -0.25) is 14.8 Å². The zero-order chi connectivity index (χ0) is 13.1. The normalized spacial score (nSPS) is 10.3. The smallest absolute Gasteiger partial charge is 0.293 e. The number of nitro benzene ring substituents is 1. The van der Waals surface area contributed by atoms with Gasteiger partial charge in [-0.1, -0.05) is 21.1 Å². The van der Waals surface area contributed by atoms with Gasteiger partial charge in [0.25, 0.3) is 5.69 Å². The van der Waals surface area contributed by atoms with Crippen LogP contribution in [-0.2, 0) is 13.6 Å². The maximum atomic E-state index is 10.9. The van der Waals surface area contributed by atoms with Crippen LogP contribution < -0.4 is 5.32 Å². The molecular formula is C10H10BrN5O2. The minimum absolute atomic E-state index is 0.0215. The van der Waals surface area contributed by atoms with E-state index in [9.17, 15) is 10.1 Å². The number of hydrogen-bond donors (Lipinski definition) is 1. The zero-order valence-corrected chi connectivity index (χ0v) is 11.1. The van der Waals surface area contributed by atoms with Crippen LogP contribution >= 0.6 is 15.9 Å². The summed E-state index contributed by atoms with van der Waals surface area (Å²) in [4.78, 5) is 10.5. The monoisotopic (exact) mass is 311 g/mol. The molecule has 0 saturated carbocycles. The lowest BCUT2D eigenvalue weighted by Crippen LogP contribution is -2.03. The summed E-state index contributed by atoms with van der Waals surface area (Å²) < 4.78 is 2.24. The van der Waals surface area contributed by atoms with E-state index in [1.807, 2.05) is 0 Å². The van der Waals surface area contributed by atoms with E-state index in [-0.39, 0.29) is 5.69 Å². The molecule has 1 N–H and O–H groups in total. The second kappa shape index (κ2) is 5.13. The van der Waals surface area contributed by atoms with Crippen molar-refractivity contribution in [3.8, 4) is 0 Å². The number of hydrogen-bond acceptors (Lipinski definition) is 5. The molecule has 0 aliphatic heterocycles. The largest absolute Gasteiger partial charge is 0.374 e. The SMILES string of the molecule is Cn1cc(CNc2ccc(Br)cc2[N+](=O)[O-])nn1. The Labute approximate surface area is 111 Å². The Morgan fingerprint density at radius 1 is 1.56 bits per heavy atom. The molecule has 0 aliphatic rings. The van der Waals surface area contributed by atoms with Crippen molar-refractivity contribution >= 4 is 27.3 Å². The summed E-state index contributed by atoms with van der Waals surface area (Å²) in [6.45, 7) is 0.385. The molecule has 1 aromatic carbocycles. The highest BCUT2D eigenvalue weighted by Gasteiger charge is 2.14. The van der Waals surface area contributed by atoms with Crippen LogP contribution in [0.15, 0.2) is 28.9 Å². The molecule has 0 spiro atoms. The third-order valence-corrected chi connectivity index (χ3v) is 2.76. The number of aryl methyl sites for hydroxylation is 1. The fourth-order valence-electron chi connectivity index (χ4n) is 1.47. The van der Waals surface area contributed by atoms with Crippen molar-refractivity contribution in [2.24, 2.45) is 7.05 Å². The van der Waals surface area contributed by atoms with E-state index < -0.39 is 4.92 Å². The molecule has 1 heterocycles. The molecule has 0 unspecified atom stereocenters. The molecule has 0 atom stereocenters. The fourth-order valence-corrected chi connectivity index (χ4v) is 1.82. The standard InChI is InChI=1S/C10H10BrN5O2/c1-15-6-8(13-14-15)5-12-9-3-2-7(11)4-10(9)16(17)18/h2-4,6,12H,5H2,1H3. The van der Waals surface area contributed by atoms with Crippen LogP contribution in [-0.4, -0.2) is 19.9 Å². The van der Waals surface area contributed by atoms with Gasteiger partial charge in [0.2, 0.25) is 0 Å². The van der Waals surface area contributed by atoms with Crippen molar-refractivity contribution in [1.29, 1.82) is 0 Å². The first-order valence-corrected chi connectivity index (χ1v) is 5.88. The van der Waals surface area contributed by atoms with Crippen LogP contribution in [0.3, 0.4) is 0 Å². The van der Waals surface area contributed by atoms with E-state index in [1.54, 1.807) is 30.1 Å². The van der Waals surface area contributed by atoms with E-state index in [0.717, 1.165) is 5.69 Å². The number of nitro groups is 1. The predicted octanol–water partition coefficient (Wildman–Crippen LogP) is 2.10. The van der Waals surface area contributed by atoms with Crippen LogP contribution in [0.25, 0.3) is 0 Å². The molecule has 2 aromatic rings. The van der Waals surface area contributed by atoms with E-state index in [0.29, 0.717) is 16.7 Å². The van der Waals surface area contributed by atoms with Crippen LogP contribution in [0.4, 0.5) is 11.4 Å². The average Bonchev–Trinajstić information content (AvgIpc) is 2.73. The lowest BCUT2D eigenvalue weighted by Gasteiger charge is -2.05. The minimum atomic E-state index is -0.427. The number of anilines is 1. The number of nitrogens with zero attached hydrogens (tertiary/aromatic N) is 4. The Morgan fingerprint density at radius 2 is 2.33 bits per heavy atom. The summed E-state index contributed by atoms with van der Waals surface area (Å²) in [7, 11) is 1.76. The van der Waals surface area contributed by atoms with Crippen molar-refractivity contribution in [2.75, 3.05) is 5.32 Å². The Hall–Kier alpha value is -1.96. The second-order valence-corrected chi connectivity index (χ2v) is 4.57. The highest BCUT2D eigenvalue weighted by Crippen LogP contribution is 2.28. The van der Waals surface area contributed by atoms with Crippen molar-refractivity contribution < 1.29 is 4.92 Å². The van der Waals surface area contributed by atoms with Gasteiger partial charge in [-0.25, -0.2) is 0 Å². The van der Waals surface area contributed by atoms with Crippen LogP contribution in [0.5, 0.6) is 0 Å². The lowest BCUT2D eigenvalue weighted by atomic mass is 10.2. The summed E-state index contributed by atoms with van der Waals surface area (Å²) in [5, 5.41) is 21.6. The predicted molar refractivity (Wildman–Crippen MR) is 69.1 cm³/mol. The number of rotatable bonds is 4. The summed E-state index contributed by atoms with van der Waals surface area (Å²) in [6, 6.07) is 4.85. The van der Waals surface area contributed by atoms with E-state index in [4.69, 9.17) is 0 Å². The molecule has 0 saturated heterocycles.